The normalized spacial score (nSPS) is 29.6. The van der Waals surface area contributed by atoms with E-state index in [9.17, 15) is 0 Å². The van der Waals surface area contributed by atoms with E-state index in [4.69, 9.17) is 0 Å². The van der Waals surface area contributed by atoms with Gasteiger partial charge in [-0.3, -0.25) is 0 Å². The van der Waals surface area contributed by atoms with Crippen molar-refractivity contribution in [2.75, 3.05) is 0 Å². The average molecular weight is 195 g/mol. The molecule has 0 aliphatic heterocycles. The summed E-state index contributed by atoms with van der Waals surface area (Å²) < 4.78 is 0. The Morgan fingerprint density at radius 1 is 1.07 bits per heavy atom. The Kier molecular flexibility index (Phi) is 3.16. The predicted molar refractivity (Wildman–Crippen MR) is 61.4 cm³/mol. The molecule has 1 atom stereocenters. The third-order valence-electron chi connectivity index (χ3n) is 4.63. The maximum atomic E-state index is 3.86. The number of rotatable bonds is 3. The maximum Gasteiger partial charge on any atom is 0.00951 e. The van der Waals surface area contributed by atoms with E-state index in [1.54, 1.807) is 0 Å². The molecule has 0 saturated heterocycles. The van der Waals surface area contributed by atoms with E-state index >= 15 is 0 Å². The van der Waals surface area contributed by atoms with Crippen LogP contribution in [0.25, 0.3) is 0 Å². The van der Waals surface area contributed by atoms with Crippen LogP contribution in [-0.2, 0) is 0 Å². The van der Waals surface area contributed by atoms with Crippen molar-refractivity contribution in [3.05, 3.63) is 0 Å². The van der Waals surface area contributed by atoms with Crippen LogP contribution in [0.5, 0.6) is 0 Å². The van der Waals surface area contributed by atoms with Crippen LogP contribution < -0.4 is 5.32 Å². The second-order valence-corrected chi connectivity index (χ2v) is 5.73. The summed E-state index contributed by atoms with van der Waals surface area (Å²) in [5.74, 6) is 0. The van der Waals surface area contributed by atoms with Gasteiger partial charge in [0, 0.05) is 12.1 Å². The lowest BCUT2D eigenvalue weighted by Crippen LogP contribution is -2.49. The highest BCUT2D eigenvalue weighted by molar-refractivity contribution is 4.93. The van der Waals surface area contributed by atoms with Gasteiger partial charge in [-0.2, -0.15) is 0 Å². The van der Waals surface area contributed by atoms with E-state index < -0.39 is 0 Å². The first-order valence-corrected chi connectivity index (χ1v) is 6.47. The van der Waals surface area contributed by atoms with Gasteiger partial charge in [0.1, 0.15) is 0 Å². The standard InChI is InChI=1S/C13H25N/c1-11(13(2)9-6-10-13)14-12-7-4-3-5-8-12/h11-12,14H,3-10H2,1-2H3. The second kappa shape index (κ2) is 4.22. The zero-order valence-electron chi connectivity index (χ0n) is 9.81. The Hall–Kier alpha value is -0.0400. The Labute approximate surface area is 88.7 Å². The van der Waals surface area contributed by atoms with Crippen molar-refractivity contribution in [1.29, 1.82) is 0 Å². The van der Waals surface area contributed by atoms with Crippen molar-refractivity contribution in [2.24, 2.45) is 5.41 Å². The van der Waals surface area contributed by atoms with Crippen molar-refractivity contribution in [1.82, 2.24) is 5.32 Å². The van der Waals surface area contributed by atoms with Crippen LogP contribution in [0.2, 0.25) is 0 Å². The van der Waals surface area contributed by atoms with Gasteiger partial charge >= 0.3 is 0 Å². The number of hydrogen-bond acceptors (Lipinski definition) is 1. The molecule has 0 aromatic rings. The summed E-state index contributed by atoms with van der Waals surface area (Å²) in [5.41, 5.74) is 0.622. The first-order chi connectivity index (χ1) is 6.71. The van der Waals surface area contributed by atoms with Crippen molar-refractivity contribution in [2.45, 2.75) is 77.3 Å². The topological polar surface area (TPSA) is 12.0 Å². The third-order valence-corrected chi connectivity index (χ3v) is 4.63. The fourth-order valence-corrected chi connectivity index (χ4v) is 2.99. The van der Waals surface area contributed by atoms with Gasteiger partial charge in [0.15, 0.2) is 0 Å². The summed E-state index contributed by atoms with van der Waals surface area (Å²) in [6.07, 6.45) is 11.5. The molecule has 82 valence electrons. The summed E-state index contributed by atoms with van der Waals surface area (Å²) in [6, 6.07) is 1.57. The summed E-state index contributed by atoms with van der Waals surface area (Å²) >= 11 is 0. The van der Waals surface area contributed by atoms with Gasteiger partial charge in [-0.15, -0.1) is 0 Å². The molecule has 0 spiro atoms. The second-order valence-electron chi connectivity index (χ2n) is 5.73. The molecule has 0 amide bonds. The van der Waals surface area contributed by atoms with Crippen LogP contribution in [0, 0.1) is 5.41 Å². The molecule has 1 heteroatoms. The van der Waals surface area contributed by atoms with Gasteiger partial charge in [-0.05, 0) is 38.0 Å². The molecule has 2 saturated carbocycles. The first-order valence-electron chi connectivity index (χ1n) is 6.47. The molecule has 1 nitrogen and oxygen atoms in total. The SMILES string of the molecule is CC(NC1CCCCC1)C1(C)CCC1. The molecule has 0 radical (unpaired) electrons. The van der Waals surface area contributed by atoms with E-state index in [-0.39, 0.29) is 0 Å². The Morgan fingerprint density at radius 2 is 1.71 bits per heavy atom. The minimum Gasteiger partial charge on any atom is -0.311 e. The Morgan fingerprint density at radius 3 is 2.21 bits per heavy atom. The smallest absolute Gasteiger partial charge is 0.00951 e. The van der Waals surface area contributed by atoms with Gasteiger partial charge in [-0.1, -0.05) is 32.6 Å². The fourth-order valence-electron chi connectivity index (χ4n) is 2.99. The molecule has 0 heterocycles. The highest BCUT2D eigenvalue weighted by Gasteiger charge is 2.37. The molecule has 0 aromatic heterocycles. The monoisotopic (exact) mass is 195 g/mol. The first kappa shape index (κ1) is 10.5. The molecular weight excluding hydrogens is 170 g/mol. The van der Waals surface area contributed by atoms with Crippen LogP contribution in [0.15, 0.2) is 0 Å². The van der Waals surface area contributed by atoms with Gasteiger partial charge in [-0.25, -0.2) is 0 Å². The Bertz CT molecular complexity index is 178. The molecule has 1 N–H and O–H groups in total. The van der Waals surface area contributed by atoms with Crippen molar-refractivity contribution in [3.8, 4) is 0 Å². The van der Waals surface area contributed by atoms with Crippen LogP contribution in [0.1, 0.15) is 65.2 Å². The highest BCUT2D eigenvalue weighted by atomic mass is 15.0. The van der Waals surface area contributed by atoms with Gasteiger partial charge in [0.25, 0.3) is 0 Å². The van der Waals surface area contributed by atoms with Crippen LogP contribution in [-0.4, -0.2) is 12.1 Å². The molecule has 2 fully saturated rings. The molecular formula is C13H25N. The number of nitrogens with one attached hydrogen (secondary N) is 1. The number of hydrogen-bond donors (Lipinski definition) is 1. The molecule has 2 aliphatic carbocycles. The predicted octanol–water partition coefficient (Wildman–Crippen LogP) is 3.49. The van der Waals surface area contributed by atoms with Crippen molar-refractivity contribution in [3.63, 3.8) is 0 Å². The molecule has 2 aliphatic rings. The summed E-state index contributed by atoms with van der Waals surface area (Å²) in [7, 11) is 0. The molecule has 0 bridgehead atoms. The van der Waals surface area contributed by atoms with E-state index in [0.717, 1.165) is 12.1 Å². The third kappa shape index (κ3) is 2.13. The van der Waals surface area contributed by atoms with Crippen molar-refractivity contribution >= 4 is 0 Å². The van der Waals surface area contributed by atoms with E-state index in [1.807, 2.05) is 0 Å². The van der Waals surface area contributed by atoms with Crippen LogP contribution in [0.3, 0.4) is 0 Å². The molecule has 0 aromatic carbocycles. The highest BCUT2D eigenvalue weighted by Crippen LogP contribution is 2.43. The van der Waals surface area contributed by atoms with Crippen molar-refractivity contribution < 1.29 is 0 Å². The maximum absolute atomic E-state index is 3.86. The average Bonchev–Trinajstić information content (AvgIpc) is 2.15. The van der Waals surface area contributed by atoms with Gasteiger partial charge in [0.2, 0.25) is 0 Å². The quantitative estimate of drug-likeness (QED) is 0.727. The summed E-state index contributed by atoms with van der Waals surface area (Å²) in [6.45, 7) is 4.85. The zero-order chi connectivity index (χ0) is 10.0. The van der Waals surface area contributed by atoms with Gasteiger partial charge < -0.3 is 5.32 Å². The largest absolute Gasteiger partial charge is 0.311 e. The van der Waals surface area contributed by atoms with Crippen LogP contribution in [0.4, 0.5) is 0 Å². The minimum absolute atomic E-state index is 0.622. The van der Waals surface area contributed by atoms with E-state index in [1.165, 1.54) is 51.4 Å². The lowest BCUT2D eigenvalue weighted by molar-refractivity contribution is 0.0946. The van der Waals surface area contributed by atoms with E-state index in [2.05, 4.69) is 19.2 Å². The lowest BCUT2D eigenvalue weighted by Gasteiger charge is -2.45. The summed E-state index contributed by atoms with van der Waals surface area (Å²) in [4.78, 5) is 0. The van der Waals surface area contributed by atoms with Gasteiger partial charge in [0.05, 0.1) is 0 Å². The lowest BCUT2D eigenvalue weighted by atomic mass is 9.66. The molecule has 2 rings (SSSR count). The van der Waals surface area contributed by atoms with E-state index in [0.29, 0.717) is 5.41 Å². The Balaban J connectivity index is 1.78. The fraction of sp³-hybridized carbons (Fsp3) is 1.00. The van der Waals surface area contributed by atoms with Crippen LogP contribution >= 0.6 is 0 Å². The summed E-state index contributed by atoms with van der Waals surface area (Å²) in [5, 5.41) is 3.86. The molecule has 14 heavy (non-hydrogen) atoms. The molecule has 1 unspecified atom stereocenters. The zero-order valence-corrected chi connectivity index (χ0v) is 9.81. The minimum atomic E-state index is 0.622.